The first-order valence-electron chi connectivity index (χ1n) is 7.08. The Morgan fingerprint density at radius 3 is 2.86 bits per heavy atom. The predicted octanol–water partition coefficient (Wildman–Crippen LogP) is 2.24. The van der Waals surface area contributed by atoms with Gasteiger partial charge in [-0.15, -0.1) is 11.3 Å². The SMILES string of the molecule is CNC(=O)CN(C)Cc1c(-c2ccccc2)nc2sccn12. The van der Waals surface area contributed by atoms with Gasteiger partial charge in [-0.05, 0) is 7.05 Å². The number of amides is 1. The van der Waals surface area contributed by atoms with E-state index in [-0.39, 0.29) is 5.91 Å². The predicted molar refractivity (Wildman–Crippen MR) is 88.9 cm³/mol. The molecule has 2 heterocycles. The Hall–Kier alpha value is -2.18. The van der Waals surface area contributed by atoms with Crippen LogP contribution in [0, 0.1) is 0 Å². The molecular weight excluding hydrogens is 296 g/mol. The molecule has 0 bridgehead atoms. The smallest absolute Gasteiger partial charge is 0.233 e. The second-order valence-electron chi connectivity index (χ2n) is 5.17. The number of likely N-dealkylation sites (N-methyl/N-ethyl adjacent to an activating group) is 2. The van der Waals surface area contributed by atoms with Crippen molar-refractivity contribution >= 4 is 22.2 Å². The maximum atomic E-state index is 11.5. The van der Waals surface area contributed by atoms with E-state index in [1.54, 1.807) is 18.4 Å². The molecule has 1 aromatic carbocycles. The number of benzene rings is 1. The van der Waals surface area contributed by atoms with Gasteiger partial charge in [0.05, 0.1) is 17.9 Å². The summed E-state index contributed by atoms with van der Waals surface area (Å²) in [5.74, 6) is 0.00911. The standard InChI is InChI=1S/C16H18N4OS/c1-17-14(21)11-19(2)10-13-15(12-6-4-3-5-7-12)18-16-20(13)8-9-22-16/h3-9H,10-11H2,1-2H3,(H,17,21). The fourth-order valence-corrected chi connectivity index (χ4v) is 3.18. The molecule has 0 saturated carbocycles. The first-order chi connectivity index (χ1) is 10.7. The van der Waals surface area contributed by atoms with Gasteiger partial charge in [0, 0.05) is 30.7 Å². The van der Waals surface area contributed by atoms with E-state index < -0.39 is 0 Å². The highest BCUT2D eigenvalue weighted by atomic mass is 32.1. The lowest BCUT2D eigenvalue weighted by atomic mass is 10.1. The van der Waals surface area contributed by atoms with Crippen molar-refractivity contribution in [1.29, 1.82) is 0 Å². The van der Waals surface area contributed by atoms with Crippen LogP contribution in [0.25, 0.3) is 16.2 Å². The van der Waals surface area contributed by atoms with Crippen molar-refractivity contribution in [2.75, 3.05) is 20.6 Å². The maximum Gasteiger partial charge on any atom is 0.233 e. The lowest BCUT2D eigenvalue weighted by molar-refractivity contribution is -0.121. The molecule has 0 fully saturated rings. The van der Waals surface area contributed by atoms with E-state index in [1.807, 2.05) is 41.7 Å². The summed E-state index contributed by atoms with van der Waals surface area (Å²) in [4.78, 5) is 19.3. The summed E-state index contributed by atoms with van der Waals surface area (Å²) in [6.07, 6.45) is 2.03. The van der Waals surface area contributed by atoms with Gasteiger partial charge in [-0.25, -0.2) is 4.98 Å². The van der Waals surface area contributed by atoms with Gasteiger partial charge < -0.3 is 5.32 Å². The van der Waals surface area contributed by atoms with Gasteiger partial charge in [-0.2, -0.15) is 0 Å². The number of thiazole rings is 1. The van der Waals surface area contributed by atoms with Crippen LogP contribution >= 0.6 is 11.3 Å². The van der Waals surface area contributed by atoms with Gasteiger partial charge >= 0.3 is 0 Å². The number of imidazole rings is 1. The number of carbonyl (C=O) groups excluding carboxylic acids is 1. The second-order valence-corrected chi connectivity index (χ2v) is 6.05. The number of fused-ring (bicyclic) bond motifs is 1. The zero-order valence-corrected chi connectivity index (χ0v) is 13.4. The van der Waals surface area contributed by atoms with Crippen LogP contribution in [0.2, 0.25) is 0 Å². The van der Waals surface area contributed by atoms with Crippen molar-refractivity contribution in [2.24, 2.45) is 0 Å². The molecule has 3 aromatic rings. The van der Waals surface area contributed by atoms with Crippen molar-refractivity contribution in [3.8, 4) is 11.3 Å². The molecule has 0 unspecified atom stereocenters. The van der Waals surface area contributed by atoms with Crippen molar-refractivity contribution in [2.45, 2.75) is 6.54 Å². The van der Waals surface area contributed by atoms with Crippen molar-refractivity contribution in [3.63, 3.8) is 0 Å². The molecule has 22 heavy (non-hydrogen) atoms. The number of nitrogens with one attached hydrogen (secondary N) is 1. The van der Waals surface area contributed by atoms with Crippen LogP contribution in [0.5, 0.6) is 0 Å². The molecule has 2 aromatic heterocycles. The van der Waals surface area contributed by atoms with E-state index in [2.05, 4.69) is 21.9 Å². The summed E-state index contributed by atoms with van der Waals surface area (Å²) in [5, 5.41) is 4.68. The number of aromatic nitrogens is 2. The lowest BCUT2D eigenvalue weighted by Gasteiger charge is -2.16. The van der Waals surface area contributed by atoms with Gasteiger partial charge in [0.15, 0.2) is 4.96 Å². The Bertz CT molecular complexity index is 778. The molecule has 0 saturated heterocycles. The largest absolute Gasteiger partial charge is 0.358 e. The first kappa shape index (κ1) is 14.7. The number of rotatable bonds is 5. The summed E-state index contributed by atoms with van der Waals surface area (Å²) in [5.41, 5.74) is 3.19. The average molecular weight is 314 g/mol. The summed E-state index contributed by atoms with van der Waals surface area (Å²) in [6, 6.07) is 10.2. The highest BCUT2D eigenvalue weighted by Gasteiger charge is 2.17. The van der Waals surface area contributed by atoms with Gasteiger partial charge in [0.1, 0.15) is 0 Å². The van der Waals surface area contributed by atoms with E-state index in [4.69, 9.17) is 4.98 Å². The molecule has 1 amide bonds. The molecule has 0 atom stereocenters. The maximum absolute atomic E-state index is 11.5. The van der Waals surface area contributed by atoms with E-state index in [0.29, 0.717) is 13.1 Å². The molecule has 0 aliphatic carbocycles. The molecule has 1 N–H and O–H groups in total. The molecular formula is C16H18N4OS. The highest BCUT2D eigenvalue weighted by molar-refractivity contribution is 7.15. The van der Waals surface area contributed by atoms with Crippen LogP contribution < -0.4 is 5.32 Å². The molecule has 114 valence electrons. The first-order valence-corrected chi connectivity index (χ1v) is 7.96. The van der Waals surface area contributed by atoms with Gasteiger partial charge in [-0.3, -0.25) is 14.1 Å². The van der Waals surface area contributed by atoms with E-state index in [0.717, 1.165) is 21.9 Å². The van der Waals surface area contributed by atoms with Gasteiger partial charge in [0.2, 0.25) is 5.91 Å². The van der Waals surface area contributed by atoms with Crippen LogP contribution in [-0.4, -0.2) is 40.8 Å². The van der Waals surface area contributed by atoms with Crippen LogP contribution in [0.15, 0.2) is 41.9 Å². The van der Waals surface area contributed by atoms with E-state index in [1.165, 1.54) is 0 Å². The Morgan fingerprint density at radius 1 is 1.36 bits per heavy atom. The molecule has 5 nitrogen and oxygen atoms in total. The van der Waals surface area contributed by atoms with Crippen LogP contribution in [0.1, 0.15) is 5.69 Å². The minimum atomic E-state index is 0.00911. The fraction of sp³-hybridized carbons (Fsp3) is 0.250. The number of hydrogen-bond acceptors (Lipinski definition) is 4. The van der Waals surface area contributed by atoms with Gasteiger partial charge in [0.25, 0.3) is 0 Å². The van der Waals surface area contributed by atoms with Crippen molar-refractivity contribution in [1.82, 2.24) is 19.6 Å². The molecule has 0 radical (unpaired) electrons. The van der Waals surface area contributed by atoms with Crippen LogP contribution in [0.3, 0.4) is 0 Å². The third-order valence-electron chi connectivity index (χ3n) is 3.52. The Morgan fingerprint density at radius 2 is 2.14 bits per heavy atom. The molecule has 0 aliphatic heterocycles. The zero-order valence-electron chi connectivity index (χ0n) is 12.6. The summed E-state index contributed by atoms with van der Waals surface area (Å²) in [6.45, 7) is 1.03. The number of hydrogen-bond donors (Lipinski definition) is 1. The lowest BCUT2D eigenvalue weighted by Crippen LogP contribution is -2.33. The second kappa shape index (κ2) is 6.29. The third-order valence-corrected chi connectivity index (χ3v) is 4.28. The van der Waals surface area contributed by atoms with E-state index >= 15 is 0 Å². The quantitative estimate of drug-likeness (QED) is 0.786. The number of carbonyl (C=O) groups is 1. The van der Waals surface area contributed by atoms with Crippen molar-refractivity contribution in [3.05, 3.63) is 47.6 Å². The topological polar surface area (TPSA) is 49.6 Å². The molecule has 0 aliphatic rings. The molecule has 3 rings (SSSR count). The van der Waals surface area contributed by atoms with Crippen LogP contribution in [0.4, 0.5) is 0 Å². The Kier molecular flexibility index (Phi) is 4.22. The average Bonchev–Trinajstić information content (AvgIpc) is 3.10. The molecule has 6 heteroatoms. The Labute approximate surface area is 133 Å². The third kappa shape index (κ3) is 2.88. The summed E-state index contributed by atoms with van der Waals surface area (Å²) < 4.78 is 2.10. The minimum Gasteiger partial charge on any atom is -0.358 e. The normalized spacial score (nSPS) is 11.2. The minimum absolute atomic E-state index is 0.00911. The monoisotopic (exact) mass is 314 g/mol. The van der Waals surface area contributed by atoms with Crippen molar-refractivity contribution < 1.29 is 4.79 Å². The summed E-state index contributed by atoms with van der Waals surface area (Å²) in [7, 11) is 3.59. The molecule has 0 spiro atoms. The van der Waals surface area contributed by atoms with Crippen LogP contribution in [-0.2, 0) is 11.3 Å². The van der Waals surface area contributed by atoms with E-state index in [9.17, 15) is 4.79 Å². The Balaban J connectivity index is 1.96. The highest BCUT2D eigenvalue weighted by Crippen LogP contribution is 2.27. The van der Waals surface area contributed by atoms with Gasteiger partial charge in [-0.1, -0.05) is 30.3 Å². The fourth-order valence-electron chi connectivity index (χ4n) is 2.45. The summed E-state index contributed by atoms with van der Waals surface area (Å²) >= 11 is 1.62. The zero-order chi connectivity index (χ0) is 15.5. The number of nitrogens with zero attached hydrogens (tertiary/aromatic N) is 3.